The van der Waals surface area contributed by atoms with Gasteiger partial charge in [-0.25, -0.2) is 4.98 Å². The second kappa shape index (κ2) is 7.28. The zero-order valence-corrected chi connectivity index (χ0v) is 16.3. The lowest BCUT2D eigenvalue weighted by molar-refractivity contribution is -0.128. The largest absolute Gasteiger partial charge is 0.303 e. The highest BCUT2D eigenvalue weighted by Gasteiger charge is 2.32. The van der Waals surface area contributed by atoms with Gasteiger partial charge in [-0.05, 0) is 68.4 Å². The summed E-state index contributed by atoms with van der Waals surface area (Å²) >= 11 is 5.08. The molecule has 2 aromatic heterocycles. The van der Waals surface area contributed by atoms with E-state index in [1.807, 2.05) is 43.5 Å². The third-order valence-corrected chi connectivity index (χ3v) is 4.72. The first-order valence-electron chi connectivity index (χ1n) is 8.45. The molecule has 0 spiro atoms. The smallest absolute Gasteiger partial charge is 0.265 e. The number of nitrogens with zero attached hydrogens (tertiary/aromatic N) is 3. The highest BCUT2D eigenvalue weighted by atomic mass is 32.1. The molecule has 0 saturated carbocycles. The van der Waals surface area contributed by atoms with E-state index in [0.717, 1.165) is 28.3 Å². The van der Waals surface area contributed by atoms with Crippen LogP contribution in [-0.4, -0.2) is 37.9 Å². The van der Waals surface area contributed by atoms with Crippen LogP contribution in [-0.2, 0) is 9.59 Å². The standard InChI is InChI=1S/C20H20N4O2S/c1-5-8-23-19(26)16(18(25)22-20(23)27)11-15-10-13(3)24(14(15)4)17-9-12(2)6-7-21-17/h5-7,9-11H,1,8H2,2-4H3,(H,22,25,27)/b16-11+. The van der Waals surface area contributed by atoms with Gasteiger partial charge in [0.05, 0.1) is 0 Å². The van der Waals surface area contributed by atoms with Gasteiger partial charge in [0, 0.05) is 24.1 Å². The molecule has 2 amide bonds. The fourth-order valence-corrected chi connectivity index (χ4v) is 3.32. The summed E-state index contributed by atoms with van der Waals surface area (Å²) in [5, 5.41) is 2.65. The van der Waals surface area contributed by atoms with E-state index in [1.54, 1.807) is 18.3 Å². The Morgan fingerprint density at radius 1 is 1.26 bits per heavy atom. The molecule has 0 atom stereocenters. The summed E-state index contributed by atoms with van der Waals surface area (Å²) in [6.07, 6.45) is 4.92. The molecule has 1 saturated heterocycles. The zero-order chi connectivity index (χ0) is 19.7. The average molecular weight is 380 g/mol. The summed E-state index contributed by atoms with van der Waals surface area (Å²) in [4.78, 5) is 30.8. The fraction of sp³-hybridized carbons (Fsp3) is 0.200. The lowest BCUT2D eigenvalue weighted by atomic mass is 10.1. The Labute approximate surface area is 163 Å². The number of nitrogens with one attached hydrogen (secondary N) is 1. The van der Waals surface area contributed by atoms with Crippen LogP contribution in [0, 0.1) is 20.8 Å². The van der Waals surface area contributed by atoms with E-state index in [-0.39, 0.29) is 17.2 Å². The van der Waals surface area contributed by atoms with E-state index < -0.39 is 11.8 Å². The average Bonchev–Trinajstić information content (AvgIpc) is 2.89. The van der Waals surface area contributed by atoms with Crippen molar-refractivity contribution < 1.29 is 9.59 Å². The monoisotopic (exact) mass is 380 g/mol. The van der Waals surface area contributed by atoms with Crippen molar-refractivity contribution in [3.63, 3.8) is 0 Å². The van der Waals surface area contributed by atoms with Gasteiger partial charge >= 0.3 is 0 Å². The highest BCUT2D eigenvalue weighted by Crippen LogP contribution is 2.23. The summed E-state index contributed by atoms with van der Waals surface area (Å²) in [5.41, 5.74) is 3.77. The van der Waals surface area contributed by atoms with Crippen molar-refractivity contribution in [2.45, 2.75) is 20.8 Å². The Balaban J connectivity index is 2.06. The van der Waals surface area contributed by atoms with Gasteiger partial charge in [-0.15, -0.1) is 6.58 Å². The number of thiocarbonyl (C=S) groups is 1. The Bertz CT molecular complexity index is 1000. The first-order valence-corrected chi connectivity index (χ1v) is 8.86. The molecule has 2 aromatic rings. The van der Waals surface area contributed by atoms with Crippen LogP contribution in [0.3, 0.4) is 0 Å². The fourth-order valence-electron chi connectivity index (χ4n) is 3.07. The van der Waals surface area contributed by atoms with Gasteiger partial charge in [-0.3, -0.25) is 19.8 Å². The quantitative estimate of drug-likeness (QED) is 0.383. The van der Waals surface area contributed by atoms with Crippen molar-refractivity contribution in [2.75, 3.05) is 6.54 Å². The molecule has 1 fully saturated rings. The first kappa shape index (κ1) is 18.7. The number of rotatable bonds is 4. The molecule has 138 valence electrons. The number of hydrogen-bond acceptors (Lipinski definition) is 4. The zero-order valence-electron chi connectivity index (χ0n) is 15.4. The van der Waals surface area contributed by atoms with Gasteiger partial charge in [0.2, 0.25) is 0 Å². The Morgan fingerprint density at radius 2 is 2.00 bits per heavy atom. The van der Waals surface area contributed by atoms with Crippen molar-refractivity contribution in [1.29, 1.82) is 0 Å². The maximum absolute atomic E-state index is 12.7. The molecule has 3 rings (SSSR count). The number of amides is 2. The van der Waals surface area contributed by atoms with Gasteiger partial charge in [0.15, 0.2) is 5.11 Å². The molecule has 0 radical (unpaired) electrons. The van der Waals surface area contributed by atoms with E-state index in [1.165, 1.54) is 4.90 Å². The Morgan fingerprint density at radius 3 is 2.67 bits per heavy atom. The summed E-state index contributed by atoms with van der Waals surface area (Å²) in [6.45, 7) is 9.76. The van der Waals surface area contributed by atoms with E-state index in [0.29, 0.717) is 0 Å². The molecule has 0 unspecified atom stereocenters. The minimum absolute atomic E-state index is 0.0444. The van der Waals surface area contributed by atoms with Crippen LogP contribution in [0.25, 0.3) is 11.9 Å². The molecule has 7 heteroatoms. The second-order valence-corrected chi connectivity index (χ2v) is 6.76. The predicted molar refractivity (Wildman–Crippen MR) is 108 cm³/mol. The number of aromatic nitrogens is 2. The molecular formula is C20H20N4O2S. The lowest BCUT2D eigenvalue weighted by Gasteiger charge is -2.27. The van der Waals surface area contributed by atoms with Crippen molar-refractivity contribution in [3.05, 3.63) is 65.1 Å². The molecule has 0 aliphatic carbocycles. The predicted octanol–water partition coefficient (Wildman–Crippen LogP) is 2.61. The maximum atomic E-state index is 12.7. The molecular weight excluding hydrogens is 360 g/mol. The minimum atomic E-state index is -0.496. The van der Waals surface area contributed by atoms with Gasteiger partial charge in [0.25, 0.3) is 11.8 Å². The van der Waals surface area contributed by atoms with Crippen LogP contribution in [0.4, 0.5) is 0 Å². The molecule has 1 aliphatic rings. The summed E-state index contributed by atoms with van der Waals surface area (Å²) in [5.74, 6) is -0.130. The number of carbonyl (C=O) groups is 2. The topological polar surface area (TPSA) is 67.2 Å². The van der Waals surface area contributed by atoms with Gasteiger partial charge in [-0.2, -0.15) is 0 Å². The first-order chi connectivity index (χ1) is 12.8. The SMILES string of the molecule is C=CCN1C(=O)/C(=C/c2cc(C)n(-c3cc(C)ccn3)c2C)C(=O)NC1=S. The third-order valence-electron chi connectivity index (χ3n) is 4.40. The van der Waals surface area contributed by atoms with E-state index in [4.69, 9.17) is 12.2 Å². The summed E-state index contributed by atoms with van der Waals surface area (Å²) < 4.78 is 2.00. The molecule has 1 N–H and O–H groups in total. The summed E-state index contributed by atoms with van der Waals surface area (Å²) in [7, 11) is 0. The van der Waals surface area contributed by atoms with Crippen molar-refractivity contribution in [1.82, 2.24) is 19.8 Å². The number of pyridine rings is 1. The van der Waals surface area contributed by atoms with Crippen LogP contribution >= 0.6 is 12.2 Å². The van der Waals surface area contributed by atoms with Crippen LogP contribution < -0.4 is 5.32 Å². The van der Waals surface area contributed by atoms with Gasteiger partial charge in [0.1, 0.15) is 11.4 Å². The van der Waals surface area contributed by atoms with Crippen LogP contribution in [0.1, 0.15) is 22.5 Å². The van der Waals surface area contributed by atoms with Crippen molar-refractivity contribution in [2.24, 2.45) is 0 Å². The summed E-state index contributed by atoms with van der Waals surface area (Å²) in [6, 6.07) is 5.85. The van der Waals surface area contributed by atoms with Gasteiger partial charge < -0.3 is 4.57 Å². The van der Waals surface area contributed by atoms with Crippen molar-refractivity contribution in [3.8, 4) is 5.82 Å². The Hall–Kier alpha value is -3.06. The minimum Gasteiger partial charge on any atom is -0.303 e. The van der Waals surface area contributed by atoms with Crippen molar-refractivity contribution >= 4 is 35.2 Å². The van der Waals surface area contributed by atoms with Crippen LogP contribution in [0.2, 0.25) is 0 Å². The number of hydrogen-bond donors (Lipinski definition) is 1. The lowest BCUT2D eigenvalue weighted by Crippen LogP contribution is -2.53. The van der Waals surface area contributed by atoms with Gasteiger partial charge in [-0.1, -0.05) is 6.08 Å². The molecule has 6 nitrogen and oxygen atoms in total. The molecule has 27 heavy (non-hydrogen) atoms. The Kier molecular flexibility index (Phi) is 5.05. The molecule has 3 heterocycles. The molecule has 1 aliphatic heterocycles. The van der Waals surface area contributed by atoms with E-state index in [2.05, 4.69) is 16.9 Å². The van der Waals surface area contributed by atoms with Crippen LogP contribution in [0.5, 0.6) is 0 Å². The number of aryl methyl sites for hydroxylation is 2. The second-order valence-electron chi connectivity index (χ2n) is 6.37. The highest BCUT2D eigenvalue weighted by molar-refractivity contribution is 7.80. The van der Waals surface area contributed by atoms with Crippen LogP contribution in [0.15, 0.2) is 42.6 Å². The third kappa shape index (κ3) is 3.46. The normalized spacial score (nSPS) is 16.0. The maximum Gasteiger partial charge on any atom is 0.265 e. The van der Waals surface area contributed by atoms with E-state index in [9.17, 15) is 9.59 Å². The number of carbonyl (C=O) groups excluding carboxylic acids is 2. The molecule has 0 bridgehead atoms. The molecule has 0 aromatic carbocycles. The van der Waals surface area contributed by atoms with E-state index >= 15 is 0 Å².